The minimum absolute atomic E-state index is 0.0244. The fourth-order valence-electron chi connectivity index (χ4n) is 4.33. The zero-order chi connectivity index (χ0) is 25.7. The van der Waals surface area contributed by atoms with Gasteiger partial charge < -0.3 is 14.8 Å². The Bertz CT molecular complexity index is 1400. The van der Waals surface area contributed by atoms with Crippen LogP contribution < -0.4 is 15.6 Å². The van der Waals surface area contributed by atoms with E-state index in [1.807, 2.05) is 4.90 Å². The number of fused-ring (bicyclic) bond motifs is 1. The third-order valence-corrected chi connectivity index (χ3v) is 6.91. The first kappa shape index (κ1) is 24.7. The van der Waals surface area contributed by atoms with Crippen LogP contribution in [-0.2, 0) is 9.53 Å². The largest absolute Gasteiger partial charge is 0.573 e. The second kappa shape index (κ2) is 9.12. The minimum Gasteiger partial charge on any atom is -0.404 e. The molecule has 13 heteroatoms. The number of nitrogens with one attached hydrogen (secondary N) is 1. The molecule has 0 radical (unpaired) electrons. The molecule has 8 nitrogen and oxygen atoms in total. The molecule has 2 aliphatic rings. The molecule has 1 aliphatic carbocycles. The third kappa shape index (κ3) is 4.58. The van der Waals surface area contributed by atoms with Crippen molar-refractivity contribution in [3.63, 3.8) is 0 Å². The van der Waals surface area contributed by atoms with Gasteiger partial charge in [0.15, 0.2) is 11.6 Å². The molecule has 0 unspecified atom stereocenters. The Morgan fingerprint density at radius 1 is 1.17 bits per heavy atom. The molecule has 0 spiro atoms. The first-order chi connectivity index (χ1) is 17.1. The Morgan fingerprint density at radius 2 is 1.89 bits per heavy atom. The van der Waals surface area contributed by atoms with E-state index in [0.29, 0.717) is 39.1 Å². The molecule has 1 N–H and O–H groups in total. The summed E-state index contributed by atoms with van der Waals surface area (Å²) in [6, 6.07) is 6.16. The quantitative estimate of drug-likeness (QED) is 0.467. The van der Waals surface area contributed by atoms with Crippen LogP contribution in [0.25, 0.3) is 16.6 Å². The van der Waals surface area contributed by atoms with Crippen molar-refractivity contribution in [2.24, 2.45) is 0 Å². The van der Waals surface area contributed by atoms with Crippen LogP contribution in [0.2, 0.25) is 0 Å². The molecule has 2 fully saturated rings. The number of nitrogens with zero attached hydrogens (tertiary/aromatic N) is 3. The van der Waals surface area contributed by atoms with Crippen LogP contribution in [0.3, 0.4) is 0 Å². The second-order valence-electron chi connectivity index (χ2n) is 8.49. The van der Waals surface area contributed by atoms with E-state index < -0.39 is 34.9 Å². The van der Waals surface area contributed by atoms with Gasteiger partial charge in [-0.15, -0.1) is 13.2 Å². The van der Waals surface area contributed by atoms with Gasteiger partial charge in [0.2, 0.25) is 5.91 Å². The molecule has 2 heterocycles. The lowest BCUT2D eigenvalue weighted by atomic mass is 10.1. The van der Waals surface area contributed by atoms with Gasteiger partial charge in [0.25, 0.3) is 5.56 Å². The summed E-state index contributed by atoms with van der Waals surface area (Å²) >= 11 is 3.04. The lowest BCUT2D eigenvalue weighted by Crippen LogP contribution is -2.51. The molecule has 5 rings (SSSR count). The predicted molar refractivity (Wildman–Crippen MR) is 125 cm³/mol. The molecule has 2 aromatic carbocycles. The summed E-state index contributed by atoms with van der Waals surface area (Å²) in [5, 5.41) is 2.54. The molecule has 1 amide bonds. The maximum absolute atomic E-state index is 14.4. The highest BCUT2D eigenvalue weighted by atomic mass is 79.9. The minimum atomic E-state index is -5.01. The maximum Gasteiger partial charge on any atom is 0.573 e. The topological polar surface area (TPSA) is 85.7 Å². The summed E-state index contributed by atoms with van der Waals surface area (Å²) in [6.45, 7) is 1.98. The predicted octanol–water partition coefficient (Wildman–Crippen LogP) is 3.99. The van der Waals surface area contributed by atoms with Crippen molar-refractivity contribution in [1.82, 2.24) is 14.5 Å². The van der Waals surface area contributed by atoms with Gasteiger partial charge in [0.05, 0.1) is 34.4 Å². The number of alkyl halides is 3. The van der Waals surface area contributed by atoms with Crippen molar-refractivity contribution in [2.75, 3.05) is 31.6 Å². The van der Waals surface area contributed by atoms with Crippen LogP contribution in [0.5, 0.6) is 5.75 Å². The lowest BCUT2D eigenvalue weighted by molar-refractivity contribution is -0.274. The van der Waals surface area contributed by atoms with Gasteiger partial charge in [-0.05, 0) is 59.1 Å². The van der Waals surface area contributed by atoms with Gasteiger partial charge in [-0.25, -0.2) is 9.37 Å². The summed E-state index contributed by atoms with van der Waals surface area (Å²) in [4.78, 5) is 32.2. The molecule has 36 heavy (non-hydrogen) atoms. The number of aromatic nitrogens is 2. The summed E-state index contributed by atoms with van der Waals surface area (Å²) in [5.74, 6) is -1.81. The average Bonchev–Trinajstić information content (AvgIpc) is 3.65. The maximum atomic E-state index is 14.4. The van der Waals surface area contributed by atoms with Crippen molar-refractivity contribution in [3.8, 4) is 11.4 Å². The van der Waals surface area contributed by atoms with Crippen LogP contribution in [0.4, 0.5) is 23.2 Å². The van der Waals surface area contributed by atoms with Gasteiger partial charge in [-0.1, -0.05) is 0 Å². The molecular weight excluding hydrogens is 552 g/mol. The standard InChI is InChI=1S/C23H19BrF4N4O4/c24-15-3-2-14-19(18(15)25)29-12-32(20(14)33)13-1-4-17(36-23(26,27)28)16(11-13)30-21(34)22(5-6-22)31-7-9-35-10-8-31/h1-4,11-12H,5-10H2,(H,30,34). The summed E-state index contributed by atoms with van der Waals surface area (Å²) < 4.78 is 64.2. The Morgan fingerprint density at radius 3 is 2.56 bits per heavy atom. The number of amides is 1. The molecule has 1 saturated carbocycles. The smallest absolute Gasteiger partial charge is 0.404 e. The van der Waals surface area contributed by atoms with E-state index in [0.717, 1.165) is 17.0 Å². The monoisotopic (exact) mass is 570 g/mol. The first-order valence-corrected chi connectivity index (χ1v) is 11.8. The average molecular weight is 571 g/mol. The number of anilines is 1. The molecule has 1 saturated heterocycles. The lowest BCUT2D eigenvalue weighted by Gasteiger charge is -2.34. The fraction of sp³-hybridized carbons (Fsp3) is 0.348. The van der Waals surface area contributed by atoms with E-state index in [9.17, 15) is 27.2 Å². The molecule has 0 atom stereocenters. The number of carbonyl (C=O) groups excluding carboxylic acids is 1. The van der Waals surface area contributed by atoms with Gasteiger partial charge in [-0.3, -0.25) is 19.1 Å². The molecule has 1 aliphatic heterocycles. The van der Waals surface area contributed by atoms with Crippen molar-refractivity contribution >= 4 is 38.4 Å². The van der Waals surface area contributed by atoms with Crippen LogP contribution >= 0.6 is 15.9 Å². The summed E-state index contributed by atoms with van der Waals surface area (Å²) in [6.07, 6.45) is -2.82. The number of rotatable bonds is 5. The Hall–Kier alpha value is -3.03. The molecular formula is C23H19BrF4N4O4. The highest BCUT2D eigenvalue weighted by Gasteiger charge is 2.54. The summed E-state index contributed by atoms with van der Waals surface area (Å²) in [7, 11) is 0. The van der Waals surface area contributed by atoms with E-state index in [-0.39, 0.29) is 26.8 Å². The Kier molecular flexibility index (Phi) is 6.25. The normalized spacial score (nSPS) is 17.7. The molecule has 3 aromatic rings. The zero-order valence-corrected chi connectivity index (χ0v) is 20.2. The SMILES string of the molecule is O=C(Nc1cc(-n2cnc3c(F)c(Br)ccc3c2=O)ccc1OC(F)(F)F)C1(N2CCOCC2)CC1. The van der Waals surface area contributed by atoms with E-state index in [4.69, 9.17) is 4.74 Å². The van der Waals surface area contributed by atoms with E-state index in [1.54, 1.807) is 0 Å². The van der Waals surface area contributed by atoms with Crippen molar-refractivity contribution in [1.29, 1.82) is 0 Å². The van der Waals surface area contributed by atoms with Crippen molar-refractivity contribution in [2.45, 2.75) is 24.7 Å². The number of hydrogen-bond donors (Lipinski definition) is 1. The van der Waals surface area contributed by atoms with Crippen molar-refractivity contribution < 1.29 is 31.8 Å². The fourth-order valence-corrected chi connectivity index (χ4v) is 4.65. The molecule has 190 valence electrons. The van der Waals surface area contributed by atoms with Crippen LogP contribution in [0.1, 0.15) is 12.8 Å². The number of benzene rings is 2. The van der Waals surface area contributed by atoms with E-state index >= 15 is 0 Å². The number of ether oxygens (including phenoxy) is 2. The first-order valence-electron chi connectivity index (χ1n) is 11.0. The van der Waals surface area contributed by atoms with Gasteiger partial charge in [0.1, 0.15) is 17.4 Å². The highest BCUT2D eigenvalue weighted by Crippen LogP contribution is 2.44. The number of carbonyl (C=O) groups is 1. The highest BCUT2D eigenvalue weighted by molar-refractivity contribution is 9.10. The van der Waals surface area contributed by atoms with Gasteiger partial charge >= 0.3 is 6.36 Å². The Balaban J connectivity index is 1.53. The number of hydrogen-bond acceptors (Lipinski definition) is 6. The number of halogens is 5. The molecule has 0 bridgehead atoms. The number of morpholine rings is 1. The van der Waals surface area contributed by atoms with Gasteiger partial charge in [-0.2, -0.15) is 0 Å². The van der Waals surface area contributed by atoms with Crippen molar-refractivity contribution in [3.05, 3.63) is 57.3 Å². The van der Waals surface area contributed by atoms with Gasteiger partial charge in [0, 0.05) is 13.1 Å². The van der Waals surface area contributed by atoms with E-state index in [1.165, 1.54) is 24.3 Å². The summed E-state index contributed by atoms with van der Waals surface area (Å²) in [5.41, 5.74) is -1.78. The van der Waals surface area contributed by atoms with E-state index in [2.05, 4.69) is 31.0 Å². The van der Waals surface area contributed by atoms with Crippen LogP contribution in [0.15, 0.2) is 45.9 Å². The van der Waals surface area contributed by atoms with Crippen LogP contribution in [0, 0.1) is 5.82 Å². The Labute approximate surface area is 209 Å². The second-order valence-corrected chi connectivity index (χ2v) is 9.34. The molecule has 1 aromatic heterocycles. The van der Waals surface area contributed by atoms with Crippen LogP contribution in [-0.4, -0.2) is 58.6 Å². The third-order valence-electron chi connectivity index (χ3n) is 6.30. The zero-order valence-electron chi connectivity index (χ0n) is 18.6.